The number of anilines is 1. The molecular formula is C18H16N4OS2. The average Bonchev–Trinajstić information content (AvgIpc) is 3.07. The Labute approximate surface area is 154 Å². The second-order valence-corrected chi connectivity index (χ2v) is 8.11. The van der Waals surface area contributed by atoms with Gasteiger partial charge in [0.25, 0.3) is 5.91 Å². The molecule has 5 nitrogen and oxygen atoms in total. The average molecular weight is 368 g/mol. The molecule has 0 unspecified atom stereocenters. The largest absolute Gasteiger partial charge is 0.306 e. The lowest BCUT2D eigenvalue weighted by Crippen LogP contribution is -2.32. The van der Waals surface area contributed by atoms with Crippen molar-refractivity contribution < 1.29 is 4.79 Å². The van der Waals surface area contributed by atoms with Crippen molar-refractivity contribution in [2.75, 3.05) is 11.4 Å². The smallest absolute Gasteiger partial charge is 0.277 e. The normalized spacial score (nSPS) is 17.0. The first-order chi connectivity index (χ1) is 12.2. The van der Waals surface area contributed by atoms with Crippen LogP contribution in [0.2, 0.25) is 0 Å². The van der Waals surface area contributed by atoms with E-state index in [0.717, 1.165) is 17.0 Å². The number of thioether (sulfide) groups is 1. The van der Waals surface area contributed by atoms with E-state index in [1.165, 1.54) is 11.3 Å². The molecule has 7 heteroatoms. The maximum Gasteiger partial charge on any atom is 0.277 e. The fourth-order valence-corrected chi connectivity index (χ4v) is 4.60. The van der Waals surface area contributed by atoms with Crippen LogP contribution in [0.3, 0.4) is 0 Å². The summed E-state index contributed by atoms with van der Waals surface area (Å²) in [6, 6.07) is 8.08. The van der Waals surface area contributed by atoms with Crippen LogP contribution in [-0.4, -0.2) is 32.7 Å². The minimum Gasteiger partial charge on any atom is -0.306 e. The molecule has 0 N–H and O–H groups in total. The first-order valence-electron chi connectivity index (χ1n) is 8.02. The van der Waals surface area contributed by atoms with Crippen molar-refractivity contribution in [1.29, 1.82) is 0 Å². The predicted octanol–water partition coefficient (Wildman–Crippen LogP) is 4.13. The fraction of sp³-hybridized carbons (Fsp3) is 0.222. The van der Waals surface area contributed by atoms with Gasteiger partial charge in [-0.2, -0.15) is 0 Å². The number of hydrogen-bond acceptors (Lipinski definition) is 6. The Balaban J connectivity index is 1.66. The minimum atomic E-state index is -0.0615. The Kier molecular flexibility index (Phi) is 4.50. The maximum absolute atomic E-state index is 13.1. The summed E-state index contributed by atoms with van der Waals surface area (Å²) in [6.07, 6.45) is 5.86. The van der Waals surface area contributed by atoms with Gasteiger partial charge in [-0.1, -0.05) is 19.1 Å². The van der Waals surface area contributed by atoms with Crippen LogP contribution < -0.4 is 4.90 Å². The summed E-state index contributed by atoms with van der Waals surface area (Å²) in [4.78, 5) is 28.9. The topological polar surface area (TPSA) is 59.0 Å². The number of benzene rings is 1. The summed E-state index contributed by atoms with van der Waals surface area (Å²) < 4.78 is 0. The molecule has 1 amide bonds. The second-order valence-electron chi connectivity index (χ2n) is 5.77. The van der Waals surface area contributed by atoms with Crippen LogP contribution >= 0.6 is 23.1 Å². The lowest BCUT2D eigenvalue weighted by atomic mass is 10.2. The molecule has 0 aliphatic carbocycles. The van der Waals surface area contributed by atoms with Gasteiger partial charge in [0.1, 0.15) is 16.4 Å². The van der Waals surface area contributed by atoms with Crippen molar-refractivity contribution in [3.8, 4) is 10.7 Å². The molecule has 0 saturated heterocycles. The summed E-state index contributed by atoms with van der Waals surface area (Å²) in [5.41, 5.74) is 2.11. The lowest BCUT2D eigenvalue weighted by molar-refractivity contribution is 0.0982. The SMILES string of the molecule is C[C@H]1CCN(C(=O)c2csc(-c3cnccn3)n2)c2ccccc2S1. The van der Waals surface area contributed by atoms with Crippen molar-refractivity contribution in [1.82, 2.24) is 15.0 Å². The second kappa shape index (κ2) is 6.93. The van der Waals surface area contributed by atoms with E-state index in [1.54, 1.807) is 24.0 Å². The first-order valence-corrected chi connectivity index (χ1v) is 9.78. The zero-order valence-corrected chi connectivity index (χ0v) is 15.3. The van der Waals surface area contributed by atoms with E-state index < -0.39 is 0 Å². The molecule has 3 heterocycles. The highest BCUT2D eigenvalue weighted by atomic mass is 32.2. The molecular weight excluding hydrogens is 352 g/mol. The molecule has 25 heavy (non-hydrogen) atoms. The van der Waals surface area contributed by atoms with Gasteiger partial charge >= 0.3 is 0 Å². The minimum absolute atomic E-state index is 0.0615. The standard InChI is InChI=1S/C18H16N4OS2/c1-12-6-9-22(15-4-2-3-5-16(15)25-12)18(23)14-11-24-17(21-14)13-10-19-7-8-20-13/h2-5,7-8,10-12H,6,9H2,1H3/t12-/m0/s1. The van der Waals surface area contributed by atoms with Gasteiger partial charge < -0.3 is 4.90 Å². The molecule has 1 aliphatic heterocycles. The Morgan fingerprint density at radius 1 is 1.28 bits per heavy atom. The monoisotopic (exact) mass is 368 g/mol. The fourth-order valence-electron chi connectivity index (χ4n) is 2.74. The van der Waals surface area contributed by atoms with E-state index in [1.807, 2.05) is 34.9 Å². The van der Waals surface area contributed by atoms with Gasteiger partial charge in [0.05, 0.1) is 11.9 Å². The van der Waals surface area contributed by atoms with Gasteiger partial charge in [-0.05, 0) is 18.6 Å². The van der Waals surface area contributed by atoms with Gasteiger partial charge in [0.15, 0.2) is 0 Å². The Morgan fingerprint density at radius 3 is 3.00 bits per heavy atom. The maximum atomic E-state index is 13.1. The van der Waals surface area contributed by atoms with Crippen LogP contribution in [0, 0.1) is 0 Å². The van der Waals surface area contributed by atoms with Crippen molar-refractivity contribution in [3.63, 3.8) is 0 Å². The predicted molar refractivity (Wildman–Crippen MR) is 101 cm³/mol. The van der Waals surface area contributed by atoms with Crippen LogP contribution in [0.1, 0.15) is 23.8 Å². The van der Waals surface area contributed by atoms with Crippen LogP contribution in [0.4, 0.5) is 5.69 Å². The van der Waals surface area contributed by atoms with Crippen molar-refractivity contribution >= 4 is 34.7 Å². The number of carbonyl (C=O) groups is 1. The number of hydrogen-bond donors (Lipinski definition) is 0. The van der Waals surface area contributed by atoms with Gasteiger partial charge in [0.2, 0.25) is 0 Å². The third kappa shape index (κ3) is 3.29. The summed E-state index contributed by atoms with van der Waals surface area (Å²) in [6.45, 7) is 2.90. The molecule has 0 fully saturated rings. The van der Waals surface area contributed by atoms with Crippen LogP contribution in [0.25, 0.3) is 10.7 Å². The first kappa shape index (κ1) is 16.2. The molecule has 0 spiro atoms. The Bertz CT molecular complexity index is 897. The van der Waals surface area contributed by atoms with E-state index >= 15 is 0 Å². The van der Waals surface area contributed by atoms with E-state index in [-0.39, 0.29) is 5.91 Å². The zero-order chi connectivity index (χ0) is 17.2. The Hall–Kier alpha value is -2.25. The quantitative estimate of drug-likeness (QED) is 0.681. The van der Waals surface area contributed by atoms with E-state index in [4.69, 9.17) is 0 Å². The van der Waals surface area contributed by atoms with Crippen LogP contribution in [0.15, 0.2) is 53.1 Å². The molecule has 1 aromatic carbocycles. The van der Waals surface area contributed by atoms with Gasteiger partial charge in [-0.3, -0.25) is 14.8 Å². The van der Waals surface area contributed by atoms with Crippen LogP contribution in [0.5, 0.6) is 0 Å². The molecule has 1 aliphatic rings. The van der Waals surface area contributed by atoms with Gasteiger partial charge in [-0.15, -0.1) is 23.1 Å². The number of aromatic nitrogens is 3. The molecule has 126 valence electrons. The molecule has 0 radical (unpaired) electrons. The number of carbonyl (C=O) groups excluding carboxylic acids is 1. The number of rotatable bonds is 2. The molecule has 4 rings (SSSR count). The zero-order valence-electron chi connectivity index (χ0n) is 13.6. The number of nitrogens with zero attached hydrogens (tertiary/aromatic N) is 4. The summed E-state index contributed by atoms with van der Waals surface area (Å²) in [5, 5.41) is 2.99. The van der Waals surface area contributed by atoms with Crippen molar-refractivity contribution in [3.05, 3.63) is 53.9 Å². The molecule has 3 aromatic rings. The van der Waals surface area contributed by atoms with E-state index in [2.05, 4.69) is 27.9 Å². The number of amides is 1. The Morgan fingerprint density at radius 2 is 2.16 bits per heavy atom. The van der Waals surface area contributed by atoms with Gasteiger partial charge in [-0.25, -0.2) is 4.98 Å². The van der Waals surface area contributed by atoms with E-state index in [9.17, 15) is 4.79 Å². The molecule has 0 saturated carbocycles. The molecule has 1 atom stereocenters. The van der Waals surface area contributed by atoms with Gasteiger partial charge in [0, 0.05) is 34.5 Å². The number of thiazole rings is 1. The lowest BCUT2D eigenvalue weighted by Gasteiger charge is -2.21. The van der Waals surface area contributed by atoms with Crippen LogP contribution in [-0.2, 0) is 0 Å². The molecule has 0 bridgehead atoms. The summed E-state index contributed by atoms with van der Waals surface area (Å²) in [7, 11) is 0. The number of para-hydroxylation sites is 1. The van der Waals surface area contributed by atoms with Crippen molar-refractivity contribution in [2.24, 2.45) is 0 Å². The summed E-state index contributed by atoms with van der Waals surface area (Å²) >= 11 is 3.24. The highest BCUT2D eigenvalue weighted by Crippen LogP contribution is 2.38. The number of fused-ring (bicyclic) bond motifs is 1. The highest BCUT2D eigenvalue weighted by Gasteiger charge is 2.26. The summed E-state index contributed by atoms with van der Waals surface area (Å²) in [5.74, 6) is -0.0615. The third-order valence-corrected chi connectivity index (χ3v) is 6.10. The van der Waals surface area contributed by atoms with Crippen molar-refractivity contribution in [2.45, 2.75) is 23.5 Å². The molecule has 2 aromatic heterocycles. The highest BCUT2D eigenvalue weighted by molar-refractivity contribution is 8.00. The van der Waals surface area contributed by atoms with E-state index in [0.29, 0.717) is 28.2 Å². The third-order valence-electron chi connectivity index (χ3n) is 3.99.